The van der Waals surface area contributed by atoms with Gasteiger partial charge in [0.25, 0.3) is 0 Å². The Morgan fingerprint density at radius 1 is 1.16 bits per heavy atom. The summed E-state index contributed by atoms with van der Waals surface area (Å²) >= 11 is 3.10. The molecule has 1 heterocycles. The highest BCUT2D eigenvalue weighted by Crippen LogP contribution is 2.04. The minimum atomic E-state index is -0.252. The zero-order valence-corrected chi connectivity index (χ0v) is 11.8. The predicted molar refractivity (Wildman–Crippen MR) is 76.6 cm³/mol. The van der Waals surface area contributed by atoms with Gasteiger partial charge in [-0.25, -0.2) is 4.79 Å². The predicted octanol–water partition coefficient (Wildman–Crippen LogP) is 2.82. The van der Waals surface area contributed by atoms with Gasteiger partial charge in [0.1, 0.15) is 0 Å². The molecule has 98 valence electrons. The van der Waals surface area contributed by atoms with Crippen LogP contribution in [0.2, 0.25) is 0 Å². The van der Waals surface area contributed by atoms with Crippen molar-refractivity contribution in [1.29, 1.82) is 0 Å². The van der Waals surface area contributed by atoms with Crippen molar-refractivity contribution in [1.82, 2.24) is 9.88 Å². The Morgan fingerprint density at radius 2 is 1.89 bits per heavy atom. The molecule has 0 unspecified atom stereocenters. The van der Waals surface area contributed by atoms with Crippen molar-refractivity contribution in [2.24, 2.45) is 0 Å². The van der Waals surface area contributed by atoms with Crippen LogP contribution in [0, 0.1) is 0 Å². The molecule has 0 radical (unpaired) electrons. The number of ketones is 1. The second kappa shape index (κ2) is 6.33. The second-order valence-electron chi connectivity index (χ2n) is 4.01. The van der Waals surface area contributed by atoms with Gasteiger partial charge in [-0.1, -0.05) is 46.3 Å². The van der Waals surface area contributed by atoms with Crippen LogP contribution in [0.3, 0.4) is 0 Å². The van der Waals surface area contributed by atoms with Crippen LogP contribution < -0.4 is 5.32 Å². The number of amides is 1. The number of hydrogen-bond acceptors (Lipinski definition) is 2. The molecular formula is C14H13BrN2O2. The van der Waals surface area contributed by atoms with Gasteiger partial charge in [0, 0.05) is 24.5 Å². The molecule has 0 aliphatic carbocycles. The Kier molecular flexibility index (Phi) is 4.52. The lowest BCUT2D eigenvalue weighted by atomic mass is 10.2. The SMILES string of the molecule is O=C(CBr)c1ccn(C(=O)NCc2ccccc2)c1. The van der Waals surface area contributed by atoms with Crippen molar-refractivity contribution in [2.45, 2.75) is 6.54 Å². The summed E-state index contributed by atoms with van der Waals surface area (Å²) in [7, 11) is 0. The Bertz CT molecular complexity index is 578. The third-order valence-electron chi connectivity index (χ3n) is 2.66. The van der Waals surface area contributed by atoms with Gasteiger partial charge in [-0.15, -0.1) is 0 Å². The lowest BCUT2D eigenvalue weighted by Crippen LogP contribution is -2.27. The quantitative estimate of drug-likeness (QED) is 0.695. The minimum absolute atomic E-state index is 0.0467. The van der Waals surface area contributed by atoms with Crippen LogP contribution in [0.4, 0.5) is 4.79 Å². The molecule has 0 fully saturated rings. The van der Waals surface area contributed by atoms with Gasteiger partial charge in [-0.3, -0.25) is 9.36 Å². The van der Waals surface area contributed by atoms with Gasteiger partial charge in [-0.05, 0) is 11.6 Å². The second-order valence-corrected chi connectivity index (χ2v) is 4.57. The fraction of sp³-hybridized carbons (Fsp3) is 0.143. The van der Waals surface area contributed by atoms with E-state index in [0.29, 0.717) is 12.1 Å². The summed E-state index contributed by atoms with van der Waals surface area (Å²) in [4.78, 5) is 23.3. The minimum Gasteiger partial charge on any atom is -0.333 e. The van der Waals surface area contributed by atoms with E-state index < -0.39 is 0 Å². The van der Waals surface area contributed by atoms with E-state index in [2.05, 4.69) is 21.2 Å². The molecule has 0 aliphatic heterocycles. The van der Waals surface area contributed by atoms with Gasteiger partial charge in [0.15, 0.2) is 5.78 Å². The molecule has 0 aliphatic rings. The number of nitrogens with zero attached hydrogens (tertiary/aromatic N) is 1. The first-order chi connectivity index (χ1) is 9.20. The summed E-state index contributed by atoms with van der Waals surface area (Å²) in [5.74, 6) is -0.0467. The third kappa shape index (κ3) is 3.54. The number of nitrogens with one attached hydrogen (secondary N) is 1. The van der Waals surface area contributed by atoms with Crippen LogP contribution in [0.25, 0.3) is 0 Å². The summed E-state index contributed by atoms with van der Waals surface area (Å²) in [5.41, 5.74) is 1.55. The van der Waals surface area contributed by atoms with Crippen molar-refractivity contribution in [3.63, 3.8) is 0 Å². The van der Waals surface area contributed by atoms with E-state index in [1.165, 1.54) is 10.8 Å². The number of rotatable bonds is 4. The Balaban J connectivity index is 1.97. The fourth-order valence-corrected chi connectivity index (χ4v) is 1.95. The summed E-state index contributed by atoms with van der Waals surface area (Å²) in [6, 6.07) is 11.0. The number of alkyl halides is 1. The zero-order chi connectivity index (χ0) is 13.7. The smallest absolute Gasteiger partial charge is 0.325 e. The topological polar surface area (TPSA) is 51.1 Å². The Morgan fingerprint density at radius 3 is 2.58 bits per heavy atom. The molecule has 2 rings (SSSR count). The molecule has 2 aromatic rings. The first-order valence-corrected chi connectivity index (χ1v) is 6.92. The highest BCUT2D eigenvalue weighted by atomic mass is 79.9. The van der Waals surface area contributed by atoms with E-state index >= 15 is 0 Å². The summed E-state index contributed by atoms with van der Waals surface area (Å²) in [5, 5.41) is 3.04. The van der Waals surface area contributed by atoms with Crippen molar-refractivity contribution < 1.29 is 9.59 Å². The number of benzene rings is 1. The van der Waals surface area contributed by atoms with E-state index in [0.717, 1.165) is 5.56 Å². The largest absolute Gasteiger partial charge is 0.333 e. The lowest BCUT2D eigenvalue weighted by Gasteiger charge is -2.05. The number of carbonyl (C=O) groups excluding carboxylic acids is 2. The lowest BCUT2D eigenvalue weighted by molar-refractivity contribution is 0.102. The number of carbonyl (C=O) groups is 2. The molecule has 0 saturated carbocycles. The van der Waals surface area contributed by atoms with Gasteiger partial charge in [-0.2, -0.15) is 0 Å². The van der Waals surface area contributed by atoms with E-state index in [4.69, 9.17) is 0 Å². The molecule has 1 aromatic carbocycles. The maximum atomic E-state index is 11.9. The standard InChI is InChI=1S/C14H13BrN2O2/c15-8-13(18)12-6-7-17(10-12)14(19)16-9-11-4-2-1-3-5-11/h1-7,10H,8-9H2,(H,16,19). The molecule has 0 spiro atoms. The van der Waals surface area contributed by atoms with E-state index in [9.17, 15) is 9.59 Å². The molecule has 5 heteroatoms. The van der Waals surface area contributed by atoms with Gasteiger partial charge < -0.3 is 5.32 Å². The summed E-state index contributed by atoms with van der Waals surface area (Å²) < 4.78 is 1.37. The third-order valence-corrected chi connectivity index (χ3v) is 3.17. The van der Waals surface area contributed by atoms with Crippen LogP contribution in [0.1, 0.15) is 15.9 Å². The van der Waals surface area contributed by atoms with Crippen LogP contribution >= 0.6 is 15.9 Å². The molecule has 4 nitrogen and oxygen atoms in total. The molecule has 1 aromatic heterocycles. The van der Waals surface area contributed by atoms with Gasteiger partial charge in [0.05, 0.1) is 5.33 Å². The highest BCUT2D eigenvalue weighted by Gasteiger charge is 2.09. The molecule has 19 heavy (non-hydrogen) atoms. The zero-order valence-electron chi connectivity index (χ0n) is 10.2. The molecule has 0 saturated heterocycles. The van der Waals surface area contributed by atoms with Gasteiger partial charge in [0.2, 0.25) is 0 Å². The number of aromatic nitrogens is 1. The number of Topliss-reactive ketones (excluding diaryl/α,β-unsaturated/α-hetero) is 1. The monoisotopic (exact) mass is 320 g/mol. The summed E-state index contributed by atoms with van der Waals surface area (Å²) in [6.45, 7) is 0.458. The van der Waals surface area contributed by atoms with Crippen molar-refractivity contribution >= 4 is 27.7 Å². The molecule has 1 amide bonds. The molecule has 0 atom stereocenters. The van der Waals surface area contributed by atoms with Crippen LogP contribution in [-0.4, -0.2) is 21.7 Å². The van der Waals surface area contributed by atoms with Crippen molar-refractivity contribution in [2.75, 3.05) is 5.33 Å². The van der Waals surface area contributed by atoms with E-state index in [1.807, 2.05) is 30.3 Å². The van der Waals surface area contributed by atoms with Crippen molar-refractivity contribution in [3.05, 3.63) is 59.9 Å². The average molecular weight is 321 g/mol. The van der Waals surface area contributed by atoms with Crippen LogP contribution in [-0.2, 0) is 6.54 Å². The maximum Gasteiger partial charge on any atom is 0.325 e. The Hall–Kier alpha value is -1.88. The van der Waals surface area contributed by atoms with Crippen LogP contribution in [0.15, 0.2) is 48.8 Å². The molecule has 1 N–H and O–H groups in total. The first-order valence-electron chi connectivity index (χ1n) is 5.80. The Labute approximate surface area is 119 Å². The summed E-state index contributed by atoms with van der Waals surface area (Å²) in [6.07, 6.45) is 3.11. The fourth-order valence-electron chi connectivity index (χ4n) is 1.63. The average Bonchev–Trinajstić information content (AvgIpc) is 2.95. The highest BCUT2D eigenvalue weighted by molar-refractivity contribution is 9.09. The molecular weight excluding hydrogens is 308 g/mol. The maximum absolute atomic E-state index is 11.9. The van der Waals surface area contributed by atoms with Crippen molar-refractivity contribution in [3.8, 4) is 0 Å². The van der Waals surface area contributed by atoms with Gasteiger partial charge >= 0.3 is 6.03 Å². The normalized spacial score (nSPS) is 10.2. The number of hydrogen-bond donors (Lipinski definition) is 1. The van der Waals surface area contributed by atoms with E-state index in [1.54, 1.807) is 12.3 Å². The number of halogens is 1. The van der Waals surface area contributed by atoms with E-state index in [-0.39, 0.29) is 17.1 Å². The molecule has 0 bridgehead atoms. The first kappa shape index (κ1) is 13.5. The van der Waals surface area contributed by atoms with Crippen LogP contribution in [0.5, 0.6) is 0 Å².